The fourth-order valence-electron chi connectivity index (χ4n) is 2.12. The van der Waals surface area contributed by atoms with Crippen LogP contribution in [0.4, 0.5) is 4.39 Å². The van der Waals surface area contributed by atoms with Crippen molar-refractivity contribution in [2.24, 2.45) is 0 Å². The molecule has 0 radical (unpaired) electrons. The van der Waals surface area contributed by atoms with E-state index in [2.05, 4.69) is 43.0 Å². The lowest BCUT2D eigenvalue weighted by molar-refractivity contribution is 0.271. The van der Waals surface area contributed by atoms with Crippen LogP contribution >= 0.6 is 0 Å². The Morgan fingerprint density at radius 3 is 2.26 bits per heavy atom. The molecule has 0 saturated carbocycles. The zero-order chi connectivity index (χ0) is 13.7. The molecule has 0 unspecified atom stereocenters. The van der Waals surface area contributed by atoms with E-state index in [1.807, 2.05) is 6.07 Å². The number of hydrogen-bond donors (Lipinski definition) is 0. The number of rotatable bonds is 5. The number of nitrogens with zero attached hydrogens (tertiary/aromatic N) is 1. The molecule has 0 spiro atoms. The molecule has 0 bridgehead atoms. The van der Waals surface area contributed by atoms with Gasteiger partial charge in [-0.15, -0.1) is 0 Å². The summed E-state index contributed by atoms with van der Waals surface area (Å²) >= 11 is 0. The molecule has 19 heavy (non-hydrogen) atoms. The molecular weight excluding hydrogens is 237 g/mol. The molecule has 2 heteroatoms. The van der Waals surface area contributed by atoms with Gasteiger partial charge >= 0.3 is 0 Å². The first-order valence-corrected chi connectivity index (χ1v) is 6.69. The maximum atomic E-state index is 13.2. The summed E-state index contributed by atoms with van der Waals surface area (Å²) in [7, 11) is 0. The zero-order valence-electron chi connectivity index (χ0n) is 11.6. The van der Waals surface area contributed by atoms with Crippen molar-refractivity contribution in [3.8, 4) is 0 Å². The van der Waals surface area contributed by atoms with E-state index in [0.29, 0.717) is 0 Å². The van der Waals surface area contributed by atoms with E-state index < -0.39 is 0 Å². The molecule has 0 fully saturated rings. The molecule has 2 rings (SSSR count). The quantitative estimate of drug-likeness (QED) is 0.777. The normalized spacial score (nSPS) is 10.9. The first kappa shape index (κ1) is 13.8. The maximum Gasteiger partial charge on any atom is 0.123 e. The minimum Gasteiger partial charge on any atom is -0.295 e. The highest BCUT2D eigenvalue weighted by molar-refractivity contribution is 5.21. The van der Waals surface area contributed by atoms with E-state index in [0.717, 1.165) is 25.2 Å². The molecule has 1 nitrogen and oxygen atoms in total. The molecule has 0 saturated heterocycles. The molecule has 0 aliphatic heterocycles. The van der Waals surface area contributed by atoms with Crippen molar-refractivity contribution in [2.75, 3.05) is 6.54 Å². The van der Waals surface area contributed by atoms with Gasteiger partial charge in [-0.2, -0.15) is 0 Å². The number of benzene rings is 2. The highest BCUT2D eigenvalue weighted by Gasteiger charge is 2.05. The second-order valence-corrected chi connectivity index (χ2v) is 4.92. The van der Waals surface area contributed by atoms with Gasteiger partial charge in [0.25, 0.3) is 0 Å². The summed E-state index contributed by atoms with van der Waals surface area (Å²) in [5.41, 5.74) is 3.59. The van der Waals surface area contributed by atoms with Crippen LogP contribution in [0.15, 0.2) is 48.5 Å². The van der Waals surface area contributed by atoms with Gasteiger partial charge in [0, 0.05) is 13.1 Å². The van der Waals surface area contributed by atoms with E-state index in [1.54, 1.807) is 12.1 Å². The minimum atomic E-state index is -0.163. The van der Waals surface area contributed by atoms with E-state index in [-0.39, 0.29) is 5.82 Å². The highest BCUT2D eigenvalue weighted by atomic mass is 19.1. The Kier molecular flexibility index (Phi) is 4.69. The molecule has 0 N–H and O–H groups in total. The average Bonchev–Trinajstić information content (AvgIpc) is 2.40. The fourth-order valence-corrected chi connectivity index (χ4v) is 2.12. The topological polar surface area (TPSA) is 3.24 Å². The van der Waals surface area contributed by atoms with Gasteiger partial charge in [-0.1, -0.05) is 48.9 Å². The predicted octanol–water partition coefficient (Wildman–Crippen LogP) is 4.16. The van der Waals surface area contributed by atoms with E-state index >= 15 is 0 Å². The Morgan fingerprint density at radius 2 is 1.63 bits per heavy atom. The van der Waals surface area contributed by atoms with Crippen LogP contribution in [0.5, 0.6) is 0 Å². The largest absolute Gasteiger partial charge is 0.295 e. The summed E-state index contributed by atoms with van der Waals surface area (Å²) in [6, 6.07) is 15.4. The summed E-state index contributed by atoms with van der Waals surface area (Å²) in [4.78, 5) is 2.30. The molecule has 0 aromatic heterocycles. The lowest BCUT2D eigenvalue weighted by atomic mass is 10.1. The average molecular weight is 257 g/mol. The van der Waals surface area contributed by atoms with Crippen molar-refractivity contribution >= 4 is 0 Å². The van der Waals surface area contributed by atoms with Gasteiger partial charge in [0.05, 0.1) is 0 Å². The summed E-state index contributed by atoms with van der Waals surface area (Å²) in [5.74, 6) is -0.163. The van der Waals surface area contributed by atoms with Crippen molar-refractivity contribution in [3.63, 3.8) is 0 Å². The Bertz CT molecular complexity index is 519. The number of hydrogen-bond acceptors (Lipinski definition) is 1. The summed E-state index contributed by atoms with van der Waals surface area (Å²) in [6.07, 6.45) is 0. The Morgan fingerprint density at radius 1 is 0.947 bits per heavy atom. The van der Waals surface area contributed by atoms with Gasteiger partial charge in [0.15, 0.2) is 0 Å². The first-order valence-electron chi connectivity index (χ1n) is 6.69. The molecule has 0 atom stereocenters. The van der Waals surface area contributed by atoms with E-state index in [1.165, 1.54) is 17.2 Å². The van der Waals surface area contributed by atoms with E-state index in [9.17, 15) is 4.39 Å². The molecule has 2 aromatic rings. The van der Waals surface area contributed by atoms with Crippen molar-refractivity contribution in [2.45, 2.75) is 26.9 Å². The van der Waals surface area contributed by atoms with Crippen molar-refractivity contribution in [1.29, 1.82) is 0 Å². The highest BCUT2D eigenvalue weighted by Crippen LogP contribution is 2.11. The van der Waals surface area contributed by atoms with Crippen LogP contribution in [0.2, 0.25) is 0 Å². The van der Waals surface area contributed by atoms with Crippen LogP contribution in [0, 0.1) is 12.7 Å². The van der Waals surface area contributed by atoms with E-state index in [4.69, 9.17) is 0 Å². The third-order valence-corrected chi connectivity index (χ3v) is 3.27. The Balaban J connectivity index is 2.02. The third kappa shape index (κ3) is 4.18. The first-order chi connectivity index (χ1) is 9.17. The van der Waals surface area contributed by atoms with Crippen molar-refractivity contribution < 1.29 is 4.39 Å². The third-order valence-electron chi connectivity index (χ3n) is 3.27. The van der Waals surface area contributed by atoms with Crippen LogP contribution in [-0.4, -0.2) is 11.4 Å². The smallest absolute Gasteiger partial charge is 0.123 e. The summed E-state index contributed by atoms with van der Waals surface area (Å²) in [5, 5.41) is 0. The molecular formula is C17H20FN. The van der Waals surface area contributed by atoms with Crippen LogP contribution in [-0.2, 0) is 13.1 Å². The second-order valence-electron chi connectivity index (χ2n) is 4.92. The molecule has 0 amide bonds. The SMILES string of the molecule is CCN(Cc1ccc(C)cc1)Cc1cccc(F)c1. The zero-order valence-corrected chi connectivity index (χ0v) is 11.6. The lowest BCUT2D eigenvalue weighted by Gasteiger charge is -2.20. The minimum absolute atomic E-state index is 0.163. The van der Waals surface area contributed by atoms with Gasteiger partial charge in [0.1, 0.15) is 5.82 Å². The van der Waals surface area contributed by atoms with Gasteiger partial charge in [-0.05, 0) is 36.7 Å². The molecule has 100 valence electrons. The Labute approximate surface area is 114 Å². The fraction of sp³-hybridized carbons (Fsp3) is 0.294. The standard InChI is InChI=1S/C17H20FN/c1-3-19(12-15-9-7-14(2)8-10-15)13-16-5-4-6-17(18)11-16/h4-11H,3,12-13H2,1-2H3. The van der Waals surface area contributed by atoms with Crippen LogP contribution < -0.4 is 0 Å². The molecule has 0 heterocycles. The van der Waals surface area contributed by atoms with Crippen LogP contribution in [0.25, 0.3) is 0 Å². The predicted molar refractivity (Wildman–Crippen MR) is 77.4 cm³/mol. The maximum absolute atomic E-state index is 13.2. The van der Waals surface area contributed by atoms with Crippen molar-refractivity contribution in [1.82, 2.24) is 4.90 Å². The van der Waals surface area contributed by atoms with Gasteiger partial charge in [0.2, 0.25) is 0 Å². The Hall–Kier alpha value is -1.67. The number of aryl methyl sites for hydroxylation is 1. The second kappa shape index (κ2) is 6.48. The van der Waals surface area contributed by atoms with Gasteiger partial charge in [-0.3, -0.25) is 4.90 Å². The summed E-state index contributed by atoms with van der Waals surface area (Å²) < 4.78 is 13.2. The molecule has 0 aliphatic carbocycles. The molecule has 0 aliphatic rings. The van der Waals surface area contributed by atoms with Crippen LogP contribution in [0.1, 0.15) is 23.6 Å². The van der Waals surface area contributed by atoms with Gasteiger partial charge < -0.3 is 0 Å². The van der Waals surface area contributed by atoms with Gasteiger partial charge in [-0.25, -0.2) is 4.39 Å². The van der Waals surface area contributed by atoms with Crippen molar-refractivity contribution in [3.05, 3.63) is 71.0 Å². The number of halogens is 1. The molecule has 2 aromatic carbocycles. The van der Waals surface area contributed by atoms with Crippen LogP contribution in [0.3, 0.4) is 0 Å². The monoisotopic (exact) mass is 257 g/mol. The summed E-state index contributed by atoms with van der Waals surface area (Å²) in [6.45, 7) is 6.85. The lowest BCUT2D eigenvalue weighted by Crippen LogP contribution is -2.22.